The Balaban J connectivity index is 2.57. The minimum absolute atomic E-state index is 0.275. The summed E-state index contributed by atoms with van der Waals surface area (Å²) in [6, 6.07) is -0.691. The molecule has 0 bridgehead atoms. The highest BCUT2D eigenvalue weighted by Gasteiger charge is 2.37. The number of carbonyl (C=O) groups is 1. The molecule has 0 aromatic carbocycles. The van der Waals surface area contributed by atoms with Crippen molar-refractivity contribution in [1.82, 2.24) is 5.32 Å². The molecule has 3 nitrogen and oxygen atoms in total. The van der Waals surface area contributed by atoms with Gasteiger partial charge in [-0.15, -0.1) is 23.2 Å². The maximum atomic E-state index is 10.4. The van der Waals surface area contributed by atoms with E-state index in [0.717, 1.165) is 0 Å². The molecule has 58 valence electrons. The number of rotatable bonds is 1. The number of hydrogen-bond donors (Lipinski definition) is 2. The summed E-state index contributed by atoms with van der Waals surface area (Å²) >= 11 is 11.3. The van der Waals surface area contributed by atoms with Crippen LogP contribution in [0, 0.1) is 0 Å². The minimum Gasteiger partial charge on any atom is -0.480 e. The van der Waals surface area contributed by atoms with Crippen LogP contribution in [0.3, 0.4) is 0 Å². The lowest BCUT2D eigenvalue weighted by Gasteiger charge is -2.08. The molecule has 1 fully saturated rings. The van der Waals surface area contributed by atoms with Crippen molar-refractivity contribution >= 4 is 29.2 Å². The van der Waals surface area contributed by atoms with E-state index >= 15 is 0 Å². The van der Waals surface area contributed by atoms with Crippen LogP contribution in [0.5, 0.6) is 0 Å². The molecule has 0 aromatic heterocycles. The summed E-state index contributed by atoms with van der Waals surface area (Å²) in [5.41, 5.74) is 0. The average Bonchev–Trinajstić information content (AvgIpc) is 2.14. The first-order valence-electron chi connectivity index (χ1n) is 2.87. The fourth-order valence-electron chi connectivity index (χ4n) is 0.897. The first kappa shape index (κ1) is 8.11. The van der Waals surface area contributed by atoms with E-state index in [2.05, 4.69) is 5.32 Å². The number of halogens is 2. The number of aliphatic carboxylic acids is 1. The number of carboxylic acid groups (broad SMARTS) is 1. The van der Waals surface area contributed by atoms with Crippen LogP contribution in [0.25, 0.3) is 0 Å². The van der Waals surface area contributed by atoms with Gasteiger partial charge in [0.2, 0.25) is 0 Å². The van der Waals surface area contributed by atoms with Crippen molar-refractivity contribution in [3.05, 3.63) is 0 Å². The Morgan fingerprint density at radius 2 is 2.20 bits per heavy atom. The molecule has 0 radical (unpaired) electrons. The molecule has 1 rings (SSSR count). The molecule has 5 heteroatoms. The van der Waals surface area contributed by atoms with E-state index in [0.29, 0.717) is 6.54 Å². The van der Waals surface area contributed by atoms with Crippen molar-refractivity contribution in [2.75, 3.05) is 6.54 Å². The van der Waals surface area contributed by atoms with Crippen LogP contribution in [-0.4, -0.2) is 34.4 Å². The van der Waals surface area contributed by atoms with Gasteiger partial charge >= 0.3 is 5.97 Å². The van der Waals surface area contributed by atoms with Gasteiger partial charge in [0.15, 0.2) is 0 Å². The number of carboxylic acids is 1. The summed E-state index contributed by atoms with van der Waals surface area (Å²) in [7, 11) is 0. The third-order valence-electron chi connectivity index (χ3n) is 1.46. The highest BCUT2D eigenvalue weighted by molar-refractivity contribution is 6.31. The Kier molecular flexibility index (Phi) is 2.39. The molecule has 10 heavy (non-hydrogen) atoms. The summed E-state index contributed by atoms with van der Waals surface area (Å²) in [6.07, 6.45) is 0. The normalized spacial score (nSPS) is 40.0. The van der Waals surface area contributed by atoms with E-state index in [1.165, 1.54) is 0 Å². The topological polar surface area (TPSA) is 49.3 Å². The third kappa shape index (κ3) is 1.36. The zero-order valence-electron chi connectivity index (χ0n) is 5.05. The SMILES string of the molecule is O=C(O)C1NCC(Cl)C1Cl. The number of hydrogen-bond acceptors (Lipinski definition) is 2. The van der Waals surface area contributed by atoms with Crippen LogP contribution in [0.1, 0.15) is 0 Å². The first-order valence-corrected chi connectivity index (χ1v) is 3.74. The van der Waals surface area contributed by atoms with Crippen LogP contribution in [0.15, 0.2) is 0 Å². The standard InChI is InChI=1S/C5H7Cl2NO2/c6-2-1-8-4(3(2)7)5(9)10/h2-4,8H,1H2,(H,9,10). The fourth-order valence-corrected chi connectivity index (χ4v) is 1.42. The van der Waals surface area contributed by atoms with Gasteiger partial charge in [-0.3, -0.25) is 4.79 Å². The molecule has 0 amide bonds. The van der Waals surface area contributed by atoms with E-state index in [4.69, 9.17) is 28.3 Å². The van der Waals surface area contributed by atoms with Gasteiger partial charge in [0, 0.05) is 6.54 Å². The van der Waals surface area contributed by atoms with Gasteiger partial charge in [0.05, 0.1) is 10.8 Å². The fraction of sp³-hybridized carbons (Fsp3) is 0.800. The lowest BCUT2D eigenvalue weighted by atomic mass is 10.2. The quantitative estimate of drug-likeness (QED) is 0.574. The zero-order chi connectivity index (χ0) is 7.72. The molecule has 0 spiro atoms. The molecule has 1 aliphatic heterocycles. The van der Waals surface area contributed by atoms with Gasteiger partial charge in [-0.1, -0.05) is 0 Å². The highest BCUT2D eigenvalue weighted by Crippen LogP contribution is 2.19. The largest absolute Gasteiger partial charge is 0.480 e. The van der Waals surface area contributed by atoms with Crippen LogP contribution in [0.4, 0.5) is 0 Å². The van der Waals surface area contributed by atoms with Gasteiger partial charge in [-0.2, -0.15) is 0 Å². The number of alkyl halides is 2. The summed E-state index contributed by atoms with van der Waals surface area (Å²) in [6.45, 7) is 0.465. The van der Waals surface area contributed by atoms with E-state index in [-0.39, 0.29) is 5.38 Å². The van der Waals surface area contributed by atoms with Crippen LogP contribution >= 0.6 is 23.2 Å². The van der Waals surface area contributed by atoms with Crippen molar-refractivity contribution < 1.29 is 9.90 Å². The summed E-state index contributed by atoms with van der Waals surface area (Å²) in [5.74, 6) is -0.942. The highest BCUT2D eigenvalue weighted by atomic mass is 35.5. The Hall–Kier alpha value is 0.01000. The van der Waals surface area contributed by atoms with Gasteiger partial charge in [0.1, 0.15) is 6.04 Å². The Morgan fingerprint density at radius 1 is 1.60 bits per heavy atom. The van der Waals surface area contributed by atoms with Crippen molar-refractivity contribution in [1.29, 1.82) is 0 Å². The molecule has 0 saturated carbocycles. The molecule has 1 saturated heterocycles. The molecule has 1 aliphatic rings. The van der Waals surface area contributed by atoms with Crippen LogP contribution in [-0.2, 0) is 4.79 Å². The van der Waals surface area contributed by atoms with Crippen LogP contribution < -0.4 is 5.32 Å². The smallest absolute Gasteiger partial charge is 0.322 e. The van der Waals surface area contributed by atoms with E-state index in [1.54, 1.807) is 0 Å². The first-order chi connectivity index (χ1) is 4.63. The molecule has 2 N–H and O–H groups in total. The zero-order valence-corrected chi connectivity index (χ0v) is 6.56. The lowest BCUT2D eigenvalue weighted by molar-refractivity contribution is -0.138. The second-order valence-corrected chi connectivity index (χ2v) is 3.25. The molecular weight excluding hydrogens is 177 g/mol. The second-order valence-electron chi connectivity index (χ2n) is 2.18. The minimum atomic E-state index is -0.942. The molecule has 1 heterocycles. The van der Waals surface area contributed by atoms with Crippen LogP contribution in [0.2, 0.25) is 0 Å². The average molecular weight is 184 g/mol. The van der Waals surface area contributed by atoms with Gasteiger partial charge in [-0.05, 0) is 0 Å². The second kappa shape index (κ2) is 2.95. The van der Waals surface area contributed by atoms with E-state index in [9.17, 15) is 4.79 Å². The lowest BCUT2D eigenvalue weighted by Crippen LogP contribution is -2.36. The molecule has 0 aliphatic carbocycles. The third-order valence-corrected chi connectivity index (χ3v) is 2.57. The van der Waals surface area contributed by atoms with Crippen molar-refractivity contribution in [3.8, 4) is 0 Å². The van der Waals surface area contributed by atoms with Crippen molar-refractivity contribution in [2.24, 2.45) is 0 Å². The molecule has 3 atom stereocenters. The monoisotopic (exact) mass is 183 g/mol. The van der Waals surface area contributed by atoms with Crippen molar-refractivity contribution in [3.63, 3.8) is 0 Å². The maximum Gasteiger partial charge on any atom is 0.322 e. The maximum absolute atomic E-state index is 10.4. The Labute approximate surface area is 68.3 Å². The van der Waals surface area contributed by atoms with Gasteiger partial charge in [-0.25, -0.2) is 0 Å². The summed E-state index contributed by atoms with van der Waals surface area (Å²) in [4.78, 5) is 10.4. The molecule has 3 unspecified atom stereocenters. The van der Waals surface area contributed by atoms with E-state index < -0.39 is 17.4 Å². The number of nitrogens with one attached hydrogen (secondary N) is 1. The van der Waals surface area contributed by atoms with Gasteiger partial charge < -0.3 is 10.4 Å². The Morgan fingerprint density at radius 3 is 2.40 bits per heavy atom. The van der Waals surface area contributed by atoms with Crippen molar-refractivity contribution in [2.45, 2.75) is 16.8 Å². The molecular formula is C5H7Cl2NO2. The summed E-state index contributed by atoms with van der Waals surface area (Å²) in [5, 5.41) is 10.4. The Bertz CT molecular complexity index is 153. The van der Waals surface area contributed by atoms with Gasteiger partial charge in [0.25, 0.3) is 0 Å². The summed E-state index contributed by atoms with van der Waals surface area (Å²) < 4.78 is 0. The predicted octanol–water partition coefficient (Wildman–Crippen LogP) is 0.258. The predicted molar refractivity (Wildman–Crippen MR) is 38.7 cm³/mol. The van der Waals surface area contributed by atoms with E-state index in [1.807, 2.05) is 0 Å². The molecule has 0 aromatic rings.